The maximum absolute atomic E-state index is 12.9. The zero-order valence-electron chi connectivity index (χ0n) is 11.5. The molecule has 4 heteroatoms. The quantitative estimate of drug-likeness (QED) is 0.684. The van der Waals surface area contributed by atoms with E-state index in [4.69, 9.17) is 4.74 Å². The molecule has 0 bridgehead atoms. The van der Waals surface area contributed by atoms with Gasteiger partial charge in [-0.3, -0.25) is 4.79 Å². The van der Waals surface area contributed by atoms with Crippen LogP contribution in [0.4, 0.5) is 4.39 Å². The monoisotopic (exact) mass is 283 g/mol. The molecule has 3 nitrogen and oxygen atoms in total. The van der Waals surface area contributed by atoms with Crippen LogP contribution in [0.1, 0.15) is 10.4 Å². The number of nitrogens with zero attached hydrogens (tertiary/aromatic N) is 1. The van der Waals surface area contributed by atoms with Gasteiger partial charge in [-0.05, 0) is 42.5 Å². The molecule has 0 aliphatic carbocycles. The fraction of sp³-hybridized carbons (Fsp3) is 0.118. The van der Waals surface area contributed by atoms with Crippen molar-refractivity contribution in [3.8, 4) is 5.75 Å². The van der Waals surface area contributed by atoms with Gasteiger partial charge in [0, 0.05) is 17.1 Å². The molecule has 1 heterocycles. The van der Waals surface area contributed by atoms with Crippen LogP contribution < -0.4 is 4.74 Å². The highest BCUT2D eigenvalue weighted by molar-refractivity contribution is 5.97. The largest absolute Gasteiger partial charge is 0.496 e. The van der Waals surface area contributed by atoms with Crippen LogP contribution in [-0.4, -0.2) is 17.5 Å². The second-order valence-corrected chi connectivity index (χ2v) is 4.77. The van der Waals surface area contributed by atoms with Crippen LogP contribution in [0.25, 0.3) is 10.9 Å². The number of aromatic nitrogens is 1. The van der Waals surface area contributed by atoms with E-state index in [9.17, 15) is 9.18 Å². The molecule has 0 saturated carbocycles. The minimum Gasteiger partial charge on any atom is -0.496 e. The van der Waals surface area contributed by atoms with Crippen LogP contribution in [0.3, 0.4) is 0 Å². The van der Waals surface area contributed by atoms with Crippen molar-refractivity contribution >= 4 is 16.7 Å². The molecule has 0 amide bonds. The summed E-state index contributed by atoms with van der Waals surface area (Å²) in [6, 6.07) is 13.2. The summed E-state index contributed by atoms with van der Waals surface area (Å²) in [6.45, 7) is 0.211. The number of ketones is 1. The van der Waals surface area contributed by atoms with E-state index in [-0.39, 0.29) is 18.1 Å². The van der Waals surface area contributed by atoms with Gasteiger partial charge in [-0.2, -0.15) is 0 Å². The molecule has 3 aromatic rings. The van der Waals surface area contributed by atoms with Gasteiger partial charge in [-0.25, -0.2) is 4.39 Å². The number of benzene rings is 2. The Morgan fingerprint density at radius 2 is 1.90 bits per heavy atom. The molecule has 0 N–H and O–H groups in total. The predicted molar refractivity (Wildman–Crippen MR) is 79.2 cm³/mol. The van der Waals surface area contributed by atoms with Crippen LogP contribution in [0.5, 0.6) is 5.75 Å². The summed E-state index contributed by atoms with van der Waals surface area (Å²) in [4.78, 5) is 12.2. The van der Waals surface area contributed by atoms with Gasteiger partial charge in [0.2, 0.25) is 0 Å². The molecule has 0 radical (unpaired) electrons. The highest BCUT2D eigenvalue weighted by Gasteiger charge is 2.10. The molecule has 0 saturated heterocycles. The second kappa shape index (κ2) is 5.40. The average molecular weight is 283 g/mol. The van der Waals surface area contributed by atoms with Crippen LogP contribution in [0, 0.1) is 5.82 Å². The third-order valence-electron chi connectivity index (χ3n) is 3.47. The summed E-state index contributed by atoms with van der Waals surface area (Å²) in [6.07, 6.45) is 1.86. The first kappa shape index (κ1) is 13.4. The van der Waals surface area contributed by atoms with E-state index in [0.29, 0.717) is 5.56 Å². The van der Waals surface area contributed by atoms with Crippen LogP contribution in [0.15, 0.2) is 54.7 Å². The van der Waals surface area contributed by atoms with Crippen molar-refractivity contribution in [2.75, 3.05) is 7.11 Å². The number of ether oxygens (including phenoxy) is 1. The summed E-state index contributed by atoms with van der Waals surface area (Å²) in [5, 5.41) is 0.965. The highest BCUT2D eigenvalue weighted by atomic mass is 19.1. The van der Waals surface area contributed by atoms with Crippen molar-refractivity contribution in [2.24, 2.45) is 0 Å². The first-order valence-electron chi connectivity index (χ1n) is 6.59. The molecule has 3 rings (SSSR count). The topological polar surface area (TPSA) is 31.2 Å². The maximum atomic E-state index is 12.9. The van der Waals surface area contributed by atoms with E-state index in [1.807, 2.05) is 35.0 Å². The van der Waals surface area contributed by atoms with Gasteiger partial charge >= 0.3 is 0 Å². The van der Waals surface area contributed by atoms with E-state index in [1.54, 1.807) is 7.11 Å². The standard InChI is InChI=1S/C17H14FNO2/c1-21-17-4-2-3-15-14(17)9-10-19(15)11-16(20)12-5-7-13(18)8-6-12/h2-10H,11H2,1H3. The van der Waals surface area contributed by atoms with E-state index >= 15 is 0 Å². The fourth-order valence-electron chi connectivity index (χ4n) is 2.39. The minimum absolute atomic E-state index is 0.0599. The molecular weight excluding hydrogens is 269 g/mol. The number of halogens is 1. The van der Waals surface area contributed by atoms with Gasteiger partial charge in [0.05, 0.1) is 19.2 Å². The van der Waals surface area contributed by atoms with E-state index in [2.05, 4.69) is 0 Å². The van der Waals surface area contributed by atoms with Crippen LogP contribution >= 0.6 is 0 Å². The Kier molecular flexibility index (Phi) is 3.44. The molecule has 106 valence electrons. The molecule has 0 unspecified atom stereocenters. The lowest BCUT2D eigenvalue weighted by Gasteiger charge is -2.06. The Labute approximate surface area is 121 Å². The fourth-order valence-corrected chi connectivity index (χ4v) is 2.39. The van der Waals surface area contributed by atoms with E-state index in [1.165, 1.54) is 24.3 Å². The maximum Gasteiger partial charge on any atom is 0.182 e. The second-order valence-electron chi connectivity index (χ2n) is 4.77. The predicted octanol–water partition coefficient (Wildman–Crippen LogP) is 3.67. The Hall–Kier alpha value is -2.62. The van der Waals surface area contributed by atoms with Gasteiger partial charge in [0.1, 0.15) is 11.6 Å². The number of hydrogen-bond donors (Lipinski definition) is 0. The van der Waals surface area contributed by atoms with Gasteiger partial charge in [0.25, 0.3) is 0 Å². The number of rotatable bonds is 4. The molecule has 2 aromatic carbocycles. The Bertz CT molecular complexity index is 790. The molecule has 0 aliphatic heterocycles. The Morgan fingerprint density at radius 1 is 1.14 bits per heavy atom. The third-order valence-corrected chi connectivity index (χ3v) is 3.47. The molecule has 0 aliphatic rings. The first-order valence-corrected chi connectivity index (χ1v) is 6.59. The van der Waals surface area contributed by atoms with E-state index in [0.717, 1.165) is 16.7 Å². The number of hydrogen-bond acceptors (Lipinski definition) is 2. The van der Waals surface area contributed by atoms with Crippen molar-refractivity contribution < 1.29 is 13.9 Å². The highest BCUT2D eigenvalue weighted by Crippen LogP contribution is 2.26. The number of Topliss-reactive ketones (excluding diaryl/α,β-unsaturated/α-hetero) is 1. The van der Waals surface area contributed by atoms with Crippen LogP contribution in [0.2, 0.25) is 0 Å². The smallest absolute Gasteiger partial charge is 0.182 e. The van der Waals surface area contributed by atoms with Crippen molar-refractivity contribution in [3.63, 3.8) is 0 Å². The summed E-state index contributed by atoms with van der Waals surface area (Å²) >= 11 is 0. The third kappa shape index (κ3) is 2.52. The van der Waals surface area contributed by atoms with Crippen molar-refractivity contribution in [3.05, 3.63) is 66.1 Å². The lowest BCUT2D eigenvalue weighted by atomic mass is 10.1. The lowest BCUT2D eigenvalue weighted by molar-refractivity contribution is 0.0973. The van der Waals surface area contributed by atoms with Gasteiger partial charge < -0.3 is 9.30 Å². The Morgan fingerprint density at radius 3 is 2.62 bits per heavy atom. The molecule has 0 spiro atoms. The van der Waals surface area contributed by atoms with Gasteiger partial charge in [-0.15, -0.1) is 0 Å². The lowest BCUT2D eigenvalue weighted by Crippen LogP contribution is -2.09. The first-order chi connectivity index (χ1) is 10.2. The summed E-state index contributed by atoms with van der Waals surface area (Å²) in [7, 11) is 1.62. The molecule has 0 atom stereocenters. The normalized spacial score (nSPS) is 10.8. The van der Waals surface area contributed by atoms with Crippen molar-refractivity contribution in [1.82, 2.24) is 4.57 Å². The summed E-state index contributed by atoms with van der Waals surface area (Å²) in [5.41, 5.74) is 1.44. The van der Waals surface area contributed by atoms with Crippen LogP contribution in [-0.2, 0) is 6.54 Å². The Balaban J connectivity index is 1.91. The number of carbonyl (C=O) groups is 1. The summed E-state index contributed by atoms with van der Waals surface area (Å²) in [5.74, 6) is 0.374. The van der Waals surface area contributed by atoms with Gasteiger partial charge in [0.15, 0.2) is 5.78 Å². The molecule has 1 aromatic heterocycles. The van der Waals surface area contributed by atoms with E-state index < -0.39 is 0 Å². The minimum atomic E-state index is -0.345. The zero-order valence-corrected chi connectivity index (χ0v) is 11.5. The molecule has 0 fully saturated rings. The summed E-state index contributed by atoms with van der Waals surface area (Å²) < 4.78 is 20.1. The number of carbonyl (C=O) groups excluding carboxylic acids is 1. The SMILES string of the molecule is COc1cccc2c1ccn2CC(=O)c1ccc(F)cc1. The number of fused-ring (bicyclic) bond motifs is 1. The number of methoxy groups -OCH3 is 1. The zero-order chi connectivity index (χ0) is 14.8. The molecular formula is C17H14FNO2. The average Bonchev–Trinajstić information content (AvgIpc) is 2.91. The van der Waals surface area contributed by atoms with Crippen molar-refractivity contribution in [1.29, 1.82) is 0 Å². The molecule has 21 heavy (non-hydrogen) atoms. The van der Waals surface area contributed by atoms with Crippen molar-refractivity contribution in [2.45, 2.75) is 6.54 Å². The van der Waals surface area contributed by atoms with Gasteiger partial charge in [-0.1, -0.05) is 6.07 Å².